The number of benzene rings is 1. The zero-order valence-corrected chi connectivity index (χ0v) is 17.0. The predicted molar refractivity (Wildman–Crippen MR) is 109 cm³/mol. The van der Waals surface area contributed by atoms with Gasteiger partial charge in [0.1, 0.15) is 12.2 Å². The van der Waals surface area contributed by atoms with Gasteiger partial charge in [-0.15, -0.1) is 0 Å². The SMILES string of the molecule is Cc1cccc2c3c([nH]c12)CCN(C(=O)N[C@H](CC(C)C)c1ncnn1C)C3. The van der Waals surface area contributed by atoms with Gasteiger partial charge in [0.05, 0.1) is 6.04 Å². The summed E-state index contributed by atoms with van der Waals surface area (Å²) in [7, 11) is 1.86. The first kappa shape index (κ1) is 18.5. The van der Waals surface area contributed by atoms with E-state index in [9.17, 15) is 4.79 Å². The molecule has 0 saturated carbocycles. The minimum absolute atomic E-state index is 0.0405. The lowest BCUT2D eigenvalue weighted by Gasteiger charge is -2.30. The van der Waals surface area contributed by atoms with E-state index >= 15 is 0 Å². The monoisotopic (exact) mass is 380 g/mol. The smallest absolute Gasteiger partial charge is 0.318 e. The third-order valence-corrected chi connectivity index (χ3v) is 5.57. The first-order valence-electron chi connectivity index (χ1n) is 9.92. The minimum atomic E-state index is -0.147. The summed E-state index contributed by atoms with van der Waals surface area (Å²) in [5.41, 5.74) is 4.91. The van der Waals surface area contributed by atoms with E-state index in [-0.39, 0.29) is 12.1 Å². The molecule has 0 saturated heterocycles. The second-order valence-electron chi connectivity index (χ2n) is 8.12. The molecule has 2 amide bonds. The van der Waals surface area contributed by atoms with E-state index in [1.54, 1.807) is 4.68 Å². The number of hydrogen-bond donors (Lipinski definition) is 2. The number of H-pyrrole nitrogens is 1. The van der Waals surface area contributed by atoms with Crippen LogP contribution in [0.25, 0.3) is 10.9 Å². The highest BCUT2D eigenvalue weighted by Crippen LogP contribution is 2.29. The largest absolute Gasteiger partial charge is 0.358 e. The fourth-order valence-electron chi connectivity index (χ4n) is 4.12. The van der Waals surface area contributed by atoms with Crippen LogP contribution in [0.3, 0.4) is 0 Å². The number of carbonyl (C=O) groups excluding carboxylic acids is 1. The maximum atomic E-state index is 13.1. The molecule has 0 spiro atoms. The van der Waals surface area contributed by atoms with Gasteiger partial charge in [-0.2, -0.15) is 5.10 Å². The van der Waals surface area contributed by atoms with Crippen LogP contribution in [0, 0.1) is 12.8 Å². The molecule has 0 unspecified atom stereocenters. The summed E-state index contributed by atoms with van der Waals surface area (Å²) in [6.45, 7) is 7.75. The molecule has 1 aliphatic rings. The summed E-state index contributed by atoms with van der Waals surface area (Å²) >= 11 is 0. The average Bonchev–Trinajstić information content (AvgIpc) is 3.24. The zero-order valence-electron chi connectivity index (χ0n) is 17.0. The van der Waals surface area contributed by atoms with Gasteiger partial charge in [0.2, 0.25) is 0 Å². The van der Waals surface area contributed by atoms with E-state index in [0.717, 1.165) is 18.7 Å². The number of fused-ring (bicyclic) bond motifs is 3. The lowest BCUT2D eigenvalue weighted by atomic mass is 10.0. The van der Waals surface area contributed by atoms with Crippen molar-refractivity contribution in [2.75, 3.05) is 6.54 Å². The molecular weight excluding hydrogens is 352 g/mol. The summed E-state index contributed by atoms with van der Waals surface area (Å²) in [4.78, 5) is 22.9. The number of amides is 2. The standard InChI is InChI=1S/C21H28N6O/c1-13(2)10-18(20-22-12-23-26(20)4)25-21(28)27-9-8-17-16(11-27)15-7-5-6-14(3)19(15)24-17/h5-7,12-13,18,24H,8-11H2,1-4H3,(H,25,28)/t18-/m1/s1. The molecule has 3 aromatic rings. The van der Waals surface area contributed by atoms with Crippen molar-refractivity contribution in [3.8, 4) is 0 Å². The van der Waals surface area contributed by atoms with Crippen molar-refractivity contribution in [1.82, 2.24) is 30.0 Å². The highest BCUT2D eigenvalue weighted by atomic mass is 16.2. The molecule has 7 heteroatoms. The Hall–Kier alpha value is -2.83. The number of nitrogens with one attached hydrogen (secondary N) is 2. The molecule has 1 aromatic carbocycles. The van der Waals surface area contributed by atoms with Crippen molar-refractivity contribution in [3.63, 3.8) is 0 Å². The molecule has 2 N–H and O–H groups in total. The molecule has 1 atom stereocenters. The Balaban J connectivity index is 1.55. The van der Waals surface area contributed by atoms with Crippen LogP contribution < -0.4 is 5.32 Å². The highest BCUT2D eigenvalue weighted by molar-refractivity contribution is 5.88. The number of aromatic amines is 1. The van der Waals surface area contributed by atoms with Crippen LogP contribution >= 0.6 is 0 Å². The third-order valence-electron chi connectivity index (χ3n) is 5.57. The zero-order chi connectivity index (χ0) is 19.8. The van der Waals surface area contributed by atoms with E-state index in [0.29, 0.717) is 19.0 Å². The quantitative estimate of drug-likeness (QED) is 0.727. The predicted octanol–water partition coefficient (Wildman–Crippen LogP) is 3.46. The van der Waals surface area contributed by atoms with Crippen LogP contribution in [0.15, 0.2) is 24.5 Å². The van der Waals surface area contributed by atoms with E-state index in [1.807, 2.05) is 11.9 Å². The normalized spacial score (nSPS) is 15.1. The van der Waals surface area contributed by atoms with Crippen molar-refractivity contribution in [2.24, 2.45) is 13.0 Å². The number of aromatic nitrogens is 4. The van der Waals surface area contributed by atoms with Crippen LogP contribution in [0.1, 0.15) is 49.0 Å². The molecule has 0 bridgehead atoms. The number of carbonyl (C=O) groups is 1. The first-order valence-corrected chi connectivity index (χ1v) is 9.92. The Labute approximate surface area is 165 Å². The summed E-state index contributed by atoms with van der Waals surface area (Å²) < 4.78 is 1.74. The third kappa shape index (κ3) is 3.37. The highest BCUT2D eigenvalue weighted by Gasteiger charge is 2.27. The molecule has 0 aliphatic carbocycles. The molecular formula is C21H28N6O. The lowest BCUT2D eigenvalue weighted by molar-refractivity contribution is 0.185. The lowest BCUT2D eigenvalue weighted by Crippen LogP contribution is -2.44. The second-order valence-corrected chi connectivity index (χ2v) is 8.12. The fraction of sp³-hybridized carbons (Fsp3) is 0.476. The molecule has 7 nitrogen and oxygen atoms in total. The molecule has 148 valence electrons. The number of nitrogens with zero attached hydrogens (tertiary/aromatic N) is 4. The topological polar surface area (TPSA) is 78.8 Å². The van der Waals surface area contributed by atoms with Gasteiger partial charge >= 0.3 is 6.03 Å². The minimum Gasteiger partial charge on any atom is -0.358 e. The van der Waals surface area contributed by atoms with Gasteiger partial charge < -0.3 is 15.2 Å². The van der Waals surface area contributed by atoms with Crippen molar-refractivity contribution in [3.05, 3.63) is 47.2 Å². The maximum Gasteiger partial charge on any atom is 0.318 e. The van der Waals surface area contributed by atoms with Crippen LogP contribution in [-0.4, -0.2) is 37.2 Å². The van der Waals surface area contributed by atoms with Gasteiger partial charge in [-0.3, -0.25) is 4.68 Å². The van der Waals surface area contributed by atoms with Crippen LogP contribution in [0.2, 0.25) is 0 Å². The van der Waals surface area contributed by atoms with Crippen LogP contribution in [0.5, 0.6) is 0 Å². The number of rotatable bonds is 4. The van der Waals surface area contributed by atoms with Crippen molar-refractivity contribution in [2.45, 2.75) is 46.2 Å². The fourth-order valence-corrected chi connectivity index (χ4v) is 4.12. The van der Waals surface area contributed by atoms with Gasteiger partial charge in [-0.1, -0.05) is 32.0 Å². The van der Waals surface area contributed by atoms with E-state index in [2.05, 4.69) is 59.4 Å². The molecule has 1 aliphatic heterocycles. The molecule has 3 heterocycles. The Morgan fingerprint density at radius 2 is 2.18 bits per heavy atom. The summed E-state index contributed by atoms with van der Waals surface area (Å²) in [6.07, 6.45) is 3.20. The Kier molecular flexibility index (Phi) is 4.83. The van der Waals surface area contributed by atoms with Gasteiger partial charge in [-0.25, -0.2) is 9.78 Å². The number of para-hydroxylation sites is 1. The van der Waals surface area contributed by atoms with Crippen LogP contribution in [0.4, 0.5) is 4.79 Å². The van der Waals surface area contributed by atoms with E-state index in [4.69, 9.17) is 0 Å². The number of aryl methyl sites for hydroxylation is 2. The second kappa shape index (κ2) is 7.30. The van der Waals surface area contributed by atoms with Crippen molar-refractivity contribution in [1.29, 1.82) is 0 Å². The van der Waals surface area contributed by atoms with Gasteiger partial charge in [0.25, 0.3) is 0 Å². The maximum absolute atomic E-state index is 13.1. The Morgan fingerprint density at radius 3 is 2.89 bits per heavy atom. The summed E-state index contributed by atoms with van der Waals surface area (Å²) in [6, 6.07) is 6.15. The van der Waals surface area contributed by atoms with Crippen molar-refractivity contribution >= 4 is 16.9 Å². The van der Waals surface area contributed by atoms with E-state index in [1.165, 1.54) is 34.1 Å². The number of hydrogen-bond acceptors (Lipinski definition) is 3. The van der Waals surface area contributed by atoms with Gasteiger partial charge in [0.15, 0.2) is 0 Å². The Bertz CT molecular complexity index is 1000. The summed E-state index contributed by atoms with van der Waals surface area (Å²) in [5, 5.41) is 8.59. The van der Waals surface area contributed by atoms with Crippen LogP contribution in [-0.2, 0) is 20.0 Å². The summed E-state index contributed by atoms with van der Waals surface area (Å²) in [5.74, 6) is 1.23. The number of urea groups is 1. The van der Waals surface area contributed by atoms with E-state index < -0.39 is 0 Å². The first-order chi connectivity index (χ1) is 13.4. The molecule has 0 radical (unpaired) electrons. The molecule has 2 aromatic heterocycles. The molecule has 0 fully saturated rings. The molecule has 4 rings (SSSR count). The van der Waals surface area contributed by atoms with Crippen molar-refractivity contribution < 1.29 is 4.79 Å². The molecule has 28 heavy (non-hydrogen) atoms. The average molecular weight is 380 g/mol. The van der Waals surface area contributed by atoms with Gasteiger partial charge in [-0.05, 0) is 24.8 Å². The Morgan fingerprint density at radius 1 is 1.36 bits per heavy atom. The van der Waals surface area contributed by atoms with Gasteiger partial charge in [0, 0.05) is 48.7 Å².